The van der Waals surface area contributed by atoms with Crippen LogP contribution in [0.3, 0.4) is 0 Å². The highest BCUT2D eigenvalue weighted by atomic mass is 16.6. The van der Waals surface area contributed by atoms with Crippen molar-refractivity contribution in [1.82, 2.24) is 0 Å². The average Bonchev–Trinajstić information content (AvgIpc) is 2.37. The van der Waals surface area contributed by atoms with Crippen molar-refractivity contribution in [3.05, 3.63) is 0 Å². The standard InChI is InChI=1S/C7H14O3.C5H10O3.C3H8O.CH4O/c1-5(2)10-6(8)7(3,4)9;1-5(2,7)4(6)8-3;1-3(2)4;1-2/h5,9H,1-4H3;7H,1-3H3;3-4H,1-2H3;2H,1H3. The van der Waals surface area contributed by atoms with Crippen LogP contribution in [0.1, 0.15) is 55.4 Å². The molecule has 0 bridgehead atoms. The maximum Gasteiger partial charge on any atom is 0.337 e. The Morgan fingerprint density at radius 3 is 1.12 bits per heavy atom. The minimum Gasteiger partial charge on any atom is -0.467 e. The number of hydrogen-bond donors (Lipinski definition) is 4. The molecule has 8 heteroatoms. The maximum atomic E-state index is 10.8. The predicted octanol–water partition coefficient (Wildman–Crippen LogP) is 0.635. The molecule has 0 heterocycles. The zero-order valence-electron chi connectivity index (χ0n) is 16.6. The van der Waals surface area contributed by atoms with Gasteiger partial charge in [-0.2, -0.15) is 0 Å². The Balaban J connectivity index is -0.000000128. The van der Waals surface area contributed by atoms with Crippen molar-refractivity contribution in [2.45, 2.75) is 78.8 Å². The van der Waals surface area contributed by atoms with Crippen LogP contribution in [-0.4, -0.2) is 70.0 Å². The molecule has 0 aromatic heterocycles. The van der Waals surface area contributed by atoms with Crippen LogP contribution in [0, 0.1) is 0 Å². The van der Waals surface area contributed by atoms with Crippen molar-refractivity contribution in [2.75, 3.05) is 14.2 Å². The third-order valence-corrected chi connectivity index (χ3v) is 1.53. The molecule has 0 aliphatic heterocycles. The minimum atomic E-state index is -1.37. The van der Waals surface area contributed by atoms with Crippen molar-refractivity contribution in [2.24, 2.45) is 0 Å². The van der Waals surface area contributed by atoms with Crippen molar-refractivity contribution < 1.29 is 39.5 Å². The summed E-state index contributed by atoms with van der Waals surface area (Å²) >= 11 is 0. The normalized spacial score (nSPS) is 10.3. The molecule has 0 aliphatic carbocycles. The summed E-state index contributed by atoms with van der Waals surface area (Å²) in [5.74, 6) is -1.19. The molecule has 0 aliphatic rings. The lowest BCUT2D eigenvalue weighted by Gasteiger charge is -2.17. The summed E-state index contributed by atoms with van der Waals surface area (Å²) in [6.07, 6.45) is -0.334. The number of aliphatic hydroxyl groups is 4. The van der Waals surface area contributed by atoms with E-state index in [1.807, 2.05) is 0 Å². The van der Waals surface area contributed by atoms with E-state index in [4.69, 9.17) is 25.2 Å². The molecule has 0 aromatic rings. The number of aliphatic hydroxyl groups excluding tert-OH is 2. The smallest absolute Gasteiger partial charge is 0.337 e. The van der Waals surface area contributed by atoms with E-state index in [1.165, 1.54) is 34.8 Å². The van der Waals surface area contributed by atoms with Gasteiger partial charge < -0.3 is 29.9 Å². The van der Waals surface area contributed by atoms with Gasteiger partial charge in [0.05, 0.1) is 13.2 Å². The quantitative estimate of drug-likeness (QED) is 0.541. The Labute approximate surface area is 145 Å². The third-order valence-electron chi connectivity index (χ3n) is 1.53. The van der Waals surface area contributed by atoms with E-state index < -0.39 is 23.1 Å². The fraction of sp³-hybridized carbons (Fsp3) is 0.875. The first-order valence-corrected chi connectivity index (χ1v) is 7.42. The second-order valence-electron chi connectivity index (χ2n) is 6.16. The predicted molar refractivity (Wildman–Crippen MR) is 91.3 cm³/mol. The fourth-order valence-corrected chi connectivity index (χ4v) is 0.608. The number of carbonyl (C=O) groups is 2. The van der Waals surface area contributed by atoms with Crippen molar-refractivity contribution in [3.63, 3.8) is 0 Å². The Morgan fingerprint density at radius 2 is 1.08 bits per heavy atom. The van der Waals surface area contributed by atoms with Gasteiger partial charge in [-0.25, -0.2) is 9.59 Å². The Kier molecular flexibility index (Phi) is 19.6. The molecule has 0 amide bonds. The second kappa shape index (κ2) is 15.3. The zero-order chi connectivity index (χ0) is 20.7. The van der Waals surface area contributed by atoms with E-state index in [2.05, 4.69) is 4.74 Å². The molecule has 0 atom stereocenters. The molecule has 8 nitrogen and oxygen atoms in total. The molecule has 148 valence electrons. The molecule has 0 rings (SSSR count). The molecular weight excluding hydrogens is 320 g/mol. The Bertz CT molecular complexity index is 308. The maximum absolute atomic E-state index is 10.8. The summed E-state index contributed by atoms with van der Waals surface area (Å²) in [6.45, 7) is 12.5. The van der Waals surface area contributed by atoms with Crippen LogP contribution in [0.4, 0.5) is 0 Å². The number of methoxy groups -OCH3 is 1. The summed E-state index contributed by atoms with van der Waals surface area (Å²) in [4.78, 5) is 21.2. The fourth-order valence-electron chi connectivity index (χ4n) is 0.608. The van der Waals surface area contributed by atoms with E-state index >= 15 is 0 Å². The zero-order valence-corrected chi connectivity index (χ0v) is 16.6. The molecular formula is C16H36O8. The van der Waals surface area contributed by atoms with Gasteiger partial charge >= 0.3 is 11.9 Å². The van der Waals surface area contributed by atoms with Gasteiger partial charge in [-0.3, -0.25) is 0 Å². The van der Waals surface area contributed by atoms with Crippen molar-refractivity contribution >= 4 is 11.9 Å². The van der Waals surface area contributed by atoms with E-state index in [0.29, 0.717) is 0 Å². The summed E-state index contributed by atoms with van der Waals surface area (Å²) in [5, 5.41) is 32.9. The first-order valence-electron chi connectivity index (χ1n) is 7.42. The Morgan fingerprint density at radius 1 is 0.833 bits per heavy atom. The molecule has 4 N–H and O–H groups in total. The van der Waals surface area contributed by atoms with Crippen molar-refractivity contribution in [3.8, 4) is 0 Å². The van der Waals surface area contributed by atoms with Crippen LogP contribution in [-0.2, 0) is 19.1 Å². The SMILES string of the molecule is CC(C)O.CC(C)OC(=O)C(C)(C)O.CO.COC(=O)C(C)(C)O. The van der Waals surface area contributed by atoms with Gasteiger partial charge in [0, 0.05) is 13.2 Å². The number of hydrogen-bond acceptors (Lipinski definition) is 8. The van der Waals surface area contributed by atoms with Crippen molar-refractivity contribution in [1.29, 1.82) is 0 Å². The first-order chi connectivity index (χ1) is 10.6. The summed E-state index contributed by atoms with van der Waals surface area (Å²) in [6, 6.07) is 0. The number of ether oxygens (including phenoxy) is 2. The van der Waals surface area contributed by atoms with E-state index in [9.17, 15) is 9.59 Å². The topological polar surface area (TPSA) is 134 Å². The largest absolute Gasteiger partial charge is 0.467 e. The molecule has 0 aromatic carbocycles. The van der Waals surface area contributed by atoms with Crippen LogP contribution in [0.15, 0.2) is 0 Å². The lowest BCUT2D eigenvalue weighted by atomic mass is 10.1. The number of carbonyl (C=O) groups excluding carboxylic acids is 2. The molecule has 24 heavy (non-hydrogen) atoms. The highest BCUT2D eigenvalue weighted by molar-refractivity contribution is 5.78. The van der Waals surface area contributed by atoms with Gasteiger partial charge in [0.15, 0.2) is 11.2 Å². The van der Waals surface area contributed by atoms with Crippen LogP contribution >= 0.6 is 0 Å². The molecule has 0 fully saturated rings. The van der Waals surface area contributed by atoms with E-state index in [-0.39, 0.29) is 12.2 Å². The Hall–Kier alpha value is -1.22. The molecule has 0 radical (unpaired) electrons. The van der Waals surface area contributed by atoms with E-state index in [0.717, 1.165) is 7.11 Å². The lowest BCUT2D eigenvalue weighted by Crippen LogP contribution is -2.34. The summed E-state index contributed by atoms with van der Waals surface area (Å²) in [5.41, 5.74) is -2.72. The van der Waals surface area contributed by atoms with E-state index in [1.54, 1.807) is 27.7 Å². The van der Waals surface area contributed by atoms with Crippen LogP contribution < -0.4 is 0 Å². The minimum absolute atomic E-state index is 0.167. The third kappa shape index (κ3) is 28.9. The second-order valence-corrected chi connectivity index (χ2v) is 6.16. The van der Waals surface area contributed by atoms with Gasteiger partial charge in [0.25, 0.3) is 0 Å². The van der Waals surface area contributed by atoms with Gasteiger partial charge in [0.2, 0.25) is 0 Å². The molecule has 0 saturated heterocycles. The highest BCUT2D eigenvalue weighted by Crippen LogP contribution is 2.05. The highest BCUT2D eigenvalue weighted by Gasteiger charge is 2.26. The summed E-state index contributed by atoms with van der Waals surface area (Å²) in [7, 11) is 2.24. The first kappa shape index (κ1) is 30.6. The number of esters is 2. The summed E-state index contributed by atoms with van der Waals surface area (Å²) < 4.78 is 8.95. The molecule has 0 spiro atoms. The monoisotopic (exact) mass is 356 g/mol. The van der Waals surface area contributed by atoms with Gasteiger partial charge in [0.1, 0.15) is 0 Å². The van der Waals surface area contributed by atoms with Crippen LogP contribution in [0.2, 0.25) is 0 Å². The lowest BCUT2D eigenvalue weighted by molar-refractivity contribution is -0.165. The van der Waals surface area contributed by atoms with Crippen LogP contribution in [0.5, 0.6) is 0 Å². The van der Waals surface area contributed by atoms with Gasteiger partial charge in [-0.15, -0.1) is 0 Å². The van der Waals surface area contributed by atoms with Gasteiger partial charge in [-0.05, 0) is 55.4 Å². The average molecular weight is 356 g/mol. The number of rotatable bonds is 3. The van der Waals surface area contributed by atoms with Crippen LogP contribution in [0.25, 0.3) is 0 Å². The molecule has 0 saturated carbocycles. The molecule has 0 unspecified atom stereocenters. The van der Waals surface area contributed by atoms with Gasteiger partial charge in [-0.1, -0.05) is 0 Å².